The summed E-state index contributed by atoms with van der Waals surface area (Å²) >= 11 is 1.47. The van der Waals surface area contributed by atoms with Gasteiger partial charge in [-0.15, -0.1) is 0 Å². The van der Waals surface area contributed by atoms with Crippen LogP contribution < -0.4 is 5.32 Å². The van der Waals surface area contributed by atoms with Crippen LogP contribution in [0.5, 0.6) is 0 Å². The number of oxazole rings is 1. The standard InChI is InChI=1S/C22H22N2O2S/c25-21-20(27-22-24-17-12-6-7-13-18(17)26-22)19(14-8-2-1-3-9-14)15-10-4-5-11-16(15)23-21/h1-3,6-9,12-13,15-16,19-20H,4-5,10-11H2,(H,23,25). The number of benzene rings is 2. The SMILES string of the molecule is O=C1NC2CCCCC2C(c2ccccc2)C1Sc1nc2ccccc2o1. The number of fused-ring (bicyclic) bond motifs is 2. The summed E-state index contributed by atoms with van der Waals surface area (Å²) in [5.41, 5.74) is 2.85. The molecule has 1 aromatic heterocycles. The number of nitrogens with zero attached hydrogens (tertiary/aromatic N) is 1. The van der Waals surface area contributed by atoms with Crippen molar-refractivity contribution in [3.8, 4) is 0 Å². The predicted octanol–water partition coefficient (Wildman–Crippen LogP) is 4.76. The number of amides is 1. The Labute approximate surface area is 162 Å². The number of aromatic nitrogens is 1. The monoisotopic (exact) mass is 378 g/mol. The van der Waals surface area contributed by atoms with Crippen molar-refractivity contribution in [1.82, 2.24) is 10.3 Å². The fraction of sp³-hybridized carbons (Fsp3) is 0.364. The first-order chi connectivity index (χ1) is 13.3. The highest BCUT2D eigenvalue weighted by molar-refractivity contribution is 8.00. The van der Waals surface area contributed by atoms with Gasteiger partial charge in [-0.25, -0.2) is 4.98 Å². The number of nitrogens with one attached hydrogen (secondary N) is 1. The van der Waals surface area contributed by atoms with Crippen molar-refractivity contribution < 1.29 is 9.21 Å². The summed E-state index contributed by atoms with van der Waals surface area (Å²) in [4.78, 5) is 17.6. The smallest absolute Gasteiger partial charge is 0.257 e. The number of piperidine rings is 1. The number of thioether (sulfide) groups is 1. The highest BCUT2D eigenvalue weighted by atomic mass is 32.2. The van der Waals surface area contributed by atoms with Crippen LogP contribution in [0.1, 0.15) is 37.2 Å². The number of carbonyl (C=O) groups excluding carboxylic acids is 1. The third kappa shape index (κ3) is 3.14. The molecule has 2 heterocycles. The Morgan fingerprint density at radius 2 is 1.78 bits per heavy atom. The van der Waals surface area contributed by atoms with Gasteiger partial charge >= 0.3 is 0 Å². The van der Waals surface area contributed by atoms with Gasteiger partial charge in [0, 0.05) is 12.0 Å². The first-order valence-corrected chi connectivity index (χ1v) is 10.5. The molecule has 5 heteroatoms. The molecule has 1 N–H and O–H groups in total. The molecule has 2 fully saturated rings. The third-order valence-corrected chi connectivity index (χ3v) is 7.02. The molecule has 4 atom stereocenters. The van der Waals surface area contributed by atoms with Crippen LogP contribution in [0.25, 0.3) is 11.1 Å². The molecule has 0 bridgehead atoms. The number of para-hydroxylation sites is 2. The molecule has 0 spiro atoms. The second kappa shape index (κ2) is 7.04. The highest BCUT2D eigenvalue weighted by Gasteiger charge is 2.46. The second-order valence-electron chi connectivity index (χ2n) is 7.49. The number of carbonyl (C=O) groups is 1. The van der Waals surface area contributed by atoms with E-state index in [2.05, 4.69) is 34.6 Å². The lowest BCUT2D eigenvalue weighted by atomic mass is 9.70. The summed E-state index contributed by atoms with van der Waals surface area (Å²) in [6.45, 7) is 0. The predicted molar refractivity (Wildman–Crippen MR) is 107 cm³/mol. The number of rotatable bonds is 3. The zero-order chi connectivity index (χ0) is 18.2. The summed E-state index contributed by atoms with van der Waals surface area (Å²) in [7, 11) is 0. The summed E-state index contributed by atoms with van der Waals surface area (Å²) < 4.78 is 5.91. The molecule has 1 aliphatic carbocycles. The Kier molecular flexibility index (Phi) is 4.40. The molecule has 27 heavy (non-hydrogen) atoms. The van der Waals surface area contributed by atoms with Crippen LogP contribution in [0.4, 0.5) is 0 Å². The molecule has 3 aromatic rings. The Morgan fingerprint density at radius 3 is 2.63 bits per heavy atom. The second-order valence-corrected chi connectivity index (χ2v) is 8.58. The van der Waals surface area contributed by atoms with Crippen molar-refractivity contribution in [1.29, 1.82) is 0 Å². The topological polar surface area (TPSA) is 55.1 Å². The fourth-order valence-electron chi connectivity index (χ4n) is 4.66. The van der Waals surface area contributed by atoms with Gasteiger partial charge in [-0.3, -0.25) is 4.79 Å². The van der Waals surface area contributed by atoms with E-state index in [1.54, 1.807) is 0 Å². The quantitative estimate of drug-likeness (QED) is 0.714. The molecular formula is C22H22N2O2S. The molecule has 0 radical (unpaired) electrons. The maximum atomic E-state index is 13.1. The van der Waals surface area contributed by atoms with Crippen LogP contribution in [-0.2, 0) is 4.79 Å². The molecule has 4 unspecified atom stereocenters. The molecule has 5 rings (SSSR count). The molecule has 1 saturated heterocycles. The Balaban J connectivity index is 1.52. The lowest BCUT2D eigenvalue weighted by Crippen LogP contribution is -2.55. The highest BCUT2D eigenvalue weighted by Crippen LogP contribution is 2.46. The van der Waals surface area contributed by atoms with Gasteiger partial charge in [0.1, 0.15) is 5.52 Å². The lowest BCUT2D eigenvalue weighted by molar-refractivity contribution is -0.125. The van der Waals surface area contributed by atoms with E-state index in [4.69, 9.17) is 4.42 Å². The minimum absolute atomic E-state index is 0.110. The summed E-state index contributed by atoms with van der Waals surface area (Å²) in [5.74, 6) is 0.769. The summed E-state index contributed by atoms with van der Waals surface area (Å²) in [6.07, 6.45) is 4.68. The van der Waals surface area contributed by atoms with Crippen LogP contribution in [0, 0.1) is 5.92 Å². The average Bonchev–Trinajstić information content (AvgIpc) is 3.12. The zero-order valence-corrected chi connectivity index (χ0v) is 15.8. The third-order valence-electron chi connectivity index (χ3n) is 5.88. The first kappa shape index (κ1) is 16.9. The molecule has 1 saturated carbocycles. The van der Waals surface area contributed by atoms with E-state index in [9.17, 15) is 4.79 Å². The molecule has 2 aliphatic rings. The minimum atomic E-state index is -0.222. The Bertz CT molecular complexity index is 922. The van der Waals surface area contributed by atoms with E-state index >= 15 is 0 Å². The maximum absolute atomic E-state index is 13.1. The van der Waals surface area contributed by atoms with Crippen molar-refractivity contribution >= 4 is 28.8 Å². The van der Waals surface area contributed by atoms with Gasteiger partial charge in [0.15, 0.2) is 5.58 Å². The van der Waals surface area contributed by atoms with E-state index in [0.717, 1.165) is 23.9 Å². The average molecular weight is 378 g/mol. The van der Waals surface area contributed by atoms with Gasteiger partial charge in [-0.1, -0.05) is 67.1 Å². The van der Waals surface area contributed by atoms with Gasteiger partial charge in [0.2, 0.25) is 5.91 Å². The van der Waals surface area contributed by atoms with Gasteiger partial charge in [-0.2, -0.15) is 0 Å². The zero-order valence-electron chi connectivity index (χ0n) is 15.0. The lowest BCUT2D eigenvalue weighted by Gasteiger charge is -2.45. The van der Waals surface area contributed by atoms with E-state index in [1.165, 1.54) is 30.2 Å². The van der Waals surface area contributed by atoms with Crippen molar-refractivity contribution in [2.24, 2.45) is 5.92 Å². The van der Waals surface area contributed by atoms with Crippen molar-refractivity contribution in [3.63, 3.8) is 0 Å². The van der Waals surface area contributed by atoms with E-state index < -0.39 is 0 Å². The molecule has 2 aromatic carbocycles. The van der Waals surface area contributed by atoms with E-state index in [1.807, 2.05) is 30.3 Å². The van der Waals surface area contributed by atoms with Crippen molar-refractivity contribution in [3.05, 3.63) is 60.2 Å². The van der Waals surface area contributed by atoms with E-state index in [0.29, 0.717) is 11.1 Å². The summed E-state index contributed by atoms with van der Waals surface area (Å²) in [6, 6.07) is 18.5. The summed E-state index contributed by atoms with van der Waals surface area (Å²) in [5, 5.41) is 3.65. The Morgan fingerprint density at radius 1 is 1.00 bits per heavy atom. The van der Waals surface area contributed by atoms with Crippen LogP contribution >= 0.6 is 11.8 Å². The molecule has 1 amide bonds. The number of hydrogen-bond acceptors (Lipinski definition) is 4. The fourth-order valence-corrected chi connectivity index (χ4v) is 5.84. The van der Waals surface area contributed by atoms with Gasteiger partial charge in [0.25, 0.3) is 5.22 Å². The van der Waals surface area contributed by atoms with Gasteiger partial charge < -0.3 is 9.73 Å². The Hall–Kier alpha value is -2.27. The molecule has 1 aliphatic heterocycles. The molecule has 138 valence electrons. The number of hydrogen-bond donors (Lipinski definition) is 1. The van der Waals surface area contributed by atoms with E-state index in [-0.39, 0.29) is 23.1 Å². The van der Waals surface area contributed by atoms with Gasteiger partial charge in [-0.05, 0) is 36.5 Å². The normalized spacial score (nSPS) is 27.9. The van der Waals surface area contributed by atoms with Crippen LogP contribution in [-0.4, -0.2) is 22.2 Å². The largest absolute Gasteiger partial charge is 0.431 e. The molecular weight excluding hydrogens is 356 g/mol. The van der Waals surface area contributed by atoms with Crippen molar-refractivity contribution in [2.45, 2.75) is 48.1 Å². The minimum Gasteiger partial charge on any atom is -0.431 e. The van der Waals surface area contributed by atoms with Crippen LogP contribution in [0.3, 0.4) is 0 Å². The maximum Gasteiger partial charge on any atom is 0.257 e. The molecule has 4 nitrogen and oxygen atoms in total. The van der Waals surface area contributed by atoms with Crippen LogP contribution in [0.2, 0.25) is 0 Å². The van der Waals surface area contributed by atoms with Crippen LogP contribution in [0.15, 0.2) is 64.2 Å². The first-order valence-electron chi connectivity index (χ1n) is 9.67. The van der Waals surface area contributed by atoms with Crippen molar-refractivity contribution in [2.75, 3.05) is 0 Å². The van der Waals surface area contributed by atoms with Gasteiger partial charge in [0.05, 0.1) is 5.25 Å².